The van der Waals surface area contributed by atoms with Gasteiger partial charge in [-0.25, -0.2) is 4.98 Å². The zero-order chi connectivity index (χ0) is 14.4. The van der Waals surface area contributed by atoms with Crippen molar-refractivity contribution in [2.24, 2.45) is 5.92 Å². The standard InChI is InChI=1S/C16H27N3O/c1-4-9-17-15-11-16(19-14(5-2)18-15)20-13-8-6-7-12(3)10-13/h11-13H,4-10H2,1-3H3,(H,17,18,19). The molecule has 0 aromatic carbocycles. The van der Waals surface area contributed by atoms with E-state index in [4.69, 9.17) is 4.74 Å². The minimum absolute atomic E-state index is 0.317. The number of anilines is 1. The van der Waals surface area contributed by atoms with Crippen LogP contribution in [0.5, 0.6) is 5.88 Å². The van der Waals surface area contributed by atoms with Gasteiger partial charge in [-0.1, -0.05) is 27.2 Å². The second-order valence-corrected chi connectivity index (χ2v) is 5.80. The van der Waals surface area contributed by atoms with Gasteiger partial charge in [-0.3, -0.25) is 0 Å². The van der Waals surface area contributed by atoms with Gasteiger partial charge in [0.15, 0.2) is 0 Å². The fraction of sp³-hybridized carbons (Fsp3) is 0.750. The van der Waals surface area contributed by atoms with Gasteiger partial charge in [-0.05, 0) is 31.6 Å². The van der Waals surface area contributed by atoms with Crippen LogP contribution in [0, 0.1) is 5.92 Å². The van der Waals surface area contributed by atoms with Crippen LogP contribution in [0.15, 0.2) is 6.07 Å². The average molecular weight is 277 g/mol. The Morgan fingerprint density at radius 1 is 1.30 bits per heavy atom. The summed E-state index contributed by atoms with van der Waals surface area (Å²) in [6.07, 6.45) is 7.11. The molecule has 1 aliphatic carbocycles. The van der Waals surface area contributed by atoms with Crippen molar-refractivity contribution >= 4 is 5.82 Å². The second kappa shape index (κ2) is 7.46. The van der Waals surface area contributed by atoms with Gasteiger partial charge >= 0.3 is 0 Å². The van der Waals surface area contributed by atoms with Crippen LogP contribution in [-0.2, 0) is 6.42 Å². The third kappa shape index (κ3) is 4.36. The van der Waals surface area contributed by atoms with Crippen LogP contribution in [0.2, 0.25) is 0 Å². The third-order valence-corrected chi connectivity index (χ3v) is 3.80. The van der Waals surface area contributed by atoms with Gasteiger partial charge in [0.05, 0.1) is 0 Å². The summed E-state index contributed by atoms with van der Waals surface area (Å²) in [7, 11) is 0. The van der Waals surface area contributed by atoms with E-state index >= 15 is 0 Å². The molecule has 20 heavy (non-hydrogen) atoms. The van der Waals surface area contributed by atoms with E-state index in [1.807, 2.05) is 6.07 Å². The van der Waals surface area contributed by atoms with E-state index in [-0.39, 0.29) is 0 Å². The highest BCUT2D eigenvalue weighted by atomic mass is 16.5. The maximum atomic E-state index is 6.10. The van der Waals surface area contributed by atoms with Crippen molar-refractivity contribution in [3.05, 3.63) is 11.9 Å². The number of hydrogen-bond donors (Lipinski definition) is 1. The molecule has 1 fully saturated rings. The van der Waals surface area contributed by atoms with Gasteiger partial charge in [0.1, 0.15) is 17.7 Å². The molecular formula is C16H27N3O. The number of rotatable bonds is 6. The highest BCUT2D eigenvalue weighted by molar-refractivity contribution is 5.38. The molecule has 112 valence electrons. The molecule has 4 nitrogen and oxygen atoms in total. The van der Waals surface area contributed by atoms with Crippen LogP contribution in [-0.4, -0.2) is 22.6 Å². The number of aromatic nitrogens is 2. The zero-order valence-electron chi connectivity index (χ0n) is 13.0. The first-order valence-electron chi connectivity index (χ1n) is 7.99. The summed E-state index contributed by atoms with van der Waals surface area (Å²) in [6, 6.07) is 1.94. The number of nitrogens with one attached hydrogen (secondary N) is 1. The fourth-order valence-electron chi connectivity index (χ4n) is 2.69. The van der Waals surface area contributed by atoms with E-state index < -0.39 is 0 Å². The minimum atomic E-state index is 0.317. The van der Waals surface area contributed by atoms with Crippen molar-refractivity contribution < 1.29 is 4.74 Å². The molecule has 1 N–H and O–H groups in total. The van der Waals surface area contributed by atoms with Crippen molar-refractivity contribution in [1.82, 2.24) is 9.97 Å². The highest BCUT2D eigenvalue weighted by Gasteiger charge is 2.21. The predicted octanol–water partition coefficient (Wildman–Crippen LogP) is 3.82. The Morgan fingerprint density at radius 2 is 2.15 bits per heavy atom. The normalized spacial score (nSPS) is 22.6. The molecule has 1 aromatic heterocycles. The first-order chi connectivity index (χ1) is 9.71. The van der Waals surface area contributed by atoms with Crippen LogP contribution in [0.1, 0.15) is 58.7 Å². The molecule has 2 rings (SSSR count). The number of aryl methyl sites for hydroxylation is 1. The second-order valence-electron chi connectivity index (χ2n) is 5.80. The van der Waals surface area contributed by atoms with E-state index in [0.717, 1.165) is 55.7 Å². The molecule has 1 heterocycles. The van der Waals surface area contributed by atoms with E-state index in [2.05, 4.69) is 36.1 Å². The molecular weight excluding hydrogens is 250 g/mol. The van der Waals surface area contributed by atoms with Crippen LogP contribution >= 0.6 is 0 Å². The van der Waals surface area contributed by atoms with Gasteiger partial charge in [0, 0.05) is 19.0 Å². The molecule has 0 aliphatic heterocycles. The van der Waals surface area contributed by atoms with Crippen LogP contribution < -0.4 is 10.1 Å². The van der Waals surface area contributed by atoms with Gasteiger partial charge in [0.2, 0.25) is 5.88 Å². The molecule has 0 amide bonds. The maximum absolute atomic E-state index is 6.10. The number of nitrogens with zero attached hydrogens (tertiary/aromatic N) is 2. The van der Waals surface area contributed by atoms with E-state index in [1.54, 1.807) is 0 Å². The molecule has 4 heteroatoms. The lowest BCUT2D eigenvalue weighted by molar-refractivity contribution is 0.123. The first-order valence-corrected chi connectivity index (χ1v) is 7.99. The Bertz CT molecular complexity index is 422. The number of ether oxygens (including phenoxy) is 1. The smallest absolute Gasteiger partial charge is 0.218 e. The summed E-state index contributed by atoms with van der Waals surface area (Å²) in [5.74, 6) is 3.23. The van der Waals surface area contributed by atoms with Crippen molar-refractivity contribution in [2.75, 3.05) is 11.9 Å². The summed E-state index contributed by atoms with van der Waals surface area (Å²) < 4.78 is 6.10. The summed E-state index contributed by atoms with van der Waals surface area (Å²) in [4.78, 5) is 9.00. The molecule has 1 aliphatic rings. The molecule has 0 saturated heterocycles. The van der Waals surface area contributed by atoms with Gasteiger partial charge < -0.3 is 10.1 Å². The molecule has 0 bridgehead atoms. The van der Waals surface area contributed by atoms with E-state index in [9.17, 15) is 0 Å². The zero-order valence-corrected chi connectivity index (χ0v) is 13.0. The summed E-state index contributed by atoms with van der Waals surface area (Å²) in [5, 5.41) is 3.32. The van der Waals surface area contributed by atoms with Crippen LogP contribution in [0.3, 0.4) is 0 Å². The van der Waals surface area contributed by atoms with Gasteiger partial charge in [-0.2, -0.15) is 4.98 Å². The lowest BCUT2D eigenvalue weighted by Crippen LogP contribution is -2.24. The quantitative estimate of drug-likeness (QED) is 0.858. The van der Waals surface area contributed by atoms with Gasteiger partial charge in [0.25, 0.3) is 0 Å². The SMILES string of the molecule is CCCNc1cc(OC2CCCC(C)C2)nc(CC)n1. The molecule has 0 radical (unpaired) electrons. The highest BCUT2D eigenvalue weighted by Crippen LogP contribution is 2.27. The minimum Gasteiger partial charge on any atom is -0.474 e. The van der Waals surface area contributed by atoms with E-state index in [0.29, 0.717) is 6.10 Å². The lowest BCUT2D eigenvalue weighted by atomic mass is 9.89. The van der Waals surface area contributed by atoms with Crippen molar-refractivity contribution in [2.45, 2.75) is 65.4 Å². The third-order valence-electron chi connectivity index (χ3n) is 3.80. The summed E-state index contributed by atoms with van der Waals surface area (Å²) in [5.41, 5.74) is 0. The molecule has 1 aromatic rings. The molecule has 0 spiro atoms. The topological polar surface area (TPSA) is 47.0 Å². The van der Waals surface area contributed by atoms with Crippen molar-refractivity contribution in [3.8, 4) is 5.88 Å². The average Bonchev–Trinajstić information content (AvgIpc) is 2.45. The van der Waals surface area contributed by atoms with E-state index in [1.165, 1.54) is 12.8 Å². The number of hydrogen-bond acceptors (Lipinski definition) is 4. The molecule has 1 saturated carbocycles. The Kier molecular flexibility index (Phi) is 5.62. The largest absolute Gasteiger partial charge is 0.474 e. The Morgan fingerprint density at radius 3 is 2.85 bits per heavy atom. The van der Waals surface area contributed by atoms with Crippen LogP contribution in [0.25, 0.3) is 0 Å². The molecule has 2 unspecified atom stereocenters. The van der Waals surface area contributed by atoms with Crippen LogP contribution in [0.4, 0.5) is 5.82 Å². The Labute approximate surface area is 122 Å². The Balaban J connectivity index is 2.05. The Hall–Kier alpha value is -1.32. The lowest BCUT2D eigenvalue weighted by Gasteiger charge is -2.27. The first kappa shape index (κ1) is 15.1. The van der Waals surface area contributed by atoms with Gasteiger partial charge in [-0.15, -0.1) is 0 Å². The van der Waals surface area contributed by atoms with Crippen molar-refractivity contribution in [3.63, 3.8) is 0 Å². The predicted molar refractivity (Wildman–Crippen MR) is 82.2 cm³/mol. The monoisotopic (exact) mass is 277 g/mol. The summed E-state index contributed by atoms with van der Waals surface area (Å²) in [6.45, 7) is 7.46. The molecule has 2 atom stereocenters. The fourth-order valence-corrected chi connectivity index (χ4v) is 2.69. The van der Waals surface area contributed by atoms with Crippen molar-refractivity contribution in [1.29, 1.82) is 0 Å². The maximum Gasteiger partial charge on any atom is 0.218 e. The summed E-state index contributed by atoms with van der Waals surface area (Å²) >= 11 is 0.